The Bertz CT molecular complexity index is 1120. The Balaban J connectivity index is 1.31. The number of piperazine rings is 1. The van der Waals surface area contributed by atoms with Gasteiger partial charge < -0.3 is 18.9 Å². The number of nitrogens with zero attached hydrogens (tertiary/aromatic N) is 4. The SMILES string of the molecule is COc1cc(/C=C/C(=O)N2CCN(Cc3ccncc3)CC2)ccc1OCc1c(C)noc1C. The topological polar surface area (TPSA) is 80.9 Å². The monoisotopic (exact) mass is 462 g/mol. The van der Waals surface area contributed by atoms with Crippen molar-refractivity contribution in [1.29, 1.82) is 0 Å². The molecule has 1 fully saturated rings. The summed E-state index contributed by atoms with van der Waals surface area (Å²) in [5.74, 6) is 1.98. The summed E-state index contributed by atoms with van der Waals surface area (Å²) in [5.41, 5.74) is 3.85. The number of carbonyl (C=O) groups is 1. The fourth-order valence-electron chi connectivity index (χ4n) is 3.91. The first-order chi connectivity index (χ1) is 16.5. The molecular formula is C26H30N4O4. The highest BCUT2D eigenvalue weighted by molar-refractivity contribution is 5.92. The third-order valence-electron chi connectivity index (χ3n) is 6.00. The van der Waals surface area contributed by atoms with Crippen LogP contribution in [0.15, 0.2) is 53.3 Å². The van der Waals surface area contributed by atoms with Crippen molar-refractivity contribution in [1.82, 2.24) is 19.9 Å². The van der Waals surface area contributed by atoms with Gasteiger partial charge in [-0.05, 0) is 55.3 Å². The molecule has 1 saturated heterocycles. The van der Waals surface area contributed by atoms with Crippen molar-refractivity contribution in [3.63, 3.8) is 0 Å². The van der Waals surface area contributed by atoms with Crippen LogP contribution in [-0.4, -0.2) is 59.1 Å². The van der Waals surface area contributed by atoms with E-state index in [9.17, 15) is 4.79 Å². The van der Waals surface area contributed by atoms with E-state index in [-0.39, 0.29) is 5.91 Å². The van der Waals surface area contributed by atoms with Crippen molar-refractivity contribution in [3.8, 4) is 11.5 Å². The van der Waals surface area contributed by atoms with Crippen molar-refractivity contribution in [2.75, 3.05) is 33.3 Å². The van der Waals surface area contributed by atoms with E-state index in [1.165, 1.54) is 5.56 Å². The molecule has 8 heteroatoms. The van der Waals surface area contributed by atoms with Gasteiger partial charge in [0.15, 0.2) is 11.5 Å². The summed E-state index contributed by atoms with van der Waals surface area (Å²) in [7, 11) is 1.60. The first-order valence-corrected chi connectivity index (χ1v) is 11.3. The molecule has 0 N–H and O–H groups in total. The highest BCUT2D eigenvalue weighted by Crippen LogP contribution is 2.30. The zero-order valence-corrected chi connectivity index (χ0v) is 19.9. The first-order valence-electron chi connectivity index (χ1n) is 11.3. The minimum Gasteiger partial charge on any atom is -0.493 e. The van der Waals surface area contributed by atoms with Crippen molar-refractivity contribution >= 4 is 12.0 Å². The van der Waals surface area contributed by atoms with E-state index in [2.05, 4.69) is 15.0 Å². The molecule has 0 bridgehead atoms. The van der Waals surface area contributed by atoms with Crippen molar-refractivity contribution < 1.29 is 18.8 Å². The van der Waals surface area contributed by atoms with Gasteiger partial charge in [0.2, 0.25) is 5.91 Å². The van der Waals surface area contributed by atoms with Gasteiger partial charge in [0.05, 0.1) is 18.4 Å². The maximum Gasteiger partial charge on any atom is 0.246 e. The van der Waals surface area contributed by atoms with Crippen LogP contribution in [0.1, 0.15) is 28.1 Å². The molecule has 178 valence electrons. The van der Waals surface area contributed by atoms with E-state index in [0.29, 0.717) is 31.2 Å². The molecule has 1 aliphatic rings. The number of amides is 1. The second-order valence-electron chi connectivity index (χ2n) is 8.29. The Morgan fingerprint density at radius 1 is 1.09 bits per heavy atom. The molecule has 1 aliphatic heterocycles. The van der Waals surface area contributed by atoms with Gasteiger partial charge in [0, 0.05) is 51.2 Å². The van der Waals surface area contributed by atoms with Crippen LogP contribution in [0.4, 0.5) is 0 Å². The summed E-state index contributed by atoms with van der Waals surface area (Å²) < 4.78 is 16.6. The lowest BCUT2D eigenvalue weighted by atomic mass is 10.1. The molecule has 0 saturated carbocycles. The van der Waals surface area contributed by atoms with E-state index in [1.807, 2.05) is 67.5 Å². The Morgan fingerprint density at radius 3 is 2.53 bits per heavy atom. The number of benzene rings is 1. The lowest BCUT2D eigenvalue weighted by molar-refractivity contribution is -0.127. The number of ether oxygens (including phenoxy) is 2. The van der Waals surface area contributed by atoms with E-state index in [0.717, 1.165) is 42.2 Å². The van der Waals surface area contributed by atoms with Crippen LogP contribution in [0, 0.1) is 13.8 Å². The number of methoxy groups -OCH3 is 1. The smallest absolute Gasteiger partial charge is 0.246 e. The normalized spacial score (nSPS) is 14.5. The predicted octanol–water partition coefficient (Wildman–Crippen LogP) is 3.63. The van der Waals surface area contributed by atoms with Gasteiger partial charge >= 0.3 is 0 Å². The number of aryl methyl sites for hydroxylation is 2. The van der Waals surface area contributed by atoms with Gasteiger partial charge in [0.25, 0.3) is 0 Å². The Morgan fingerprint density at radius 2 is 1.85 bits per heavy atom. The fraction of sp³-hybridized carbons (Fsp3) is 0.346. The van der Waals surface area contributed by atoms with Crippen LogP contribution in [0.2, 0.25) is 0 Å². The van der Waals surface area contributed by atoms with Crippen LogP contribution >= 0.6 is 0 Å². The number of aromatic nitrogens is 2. The molecule has 8 nitrogen and oxygen atoms in total. The van der Waals surface area contributed by atoms with E-state index in [1.54, 1.807) is 13.2 Å². The summed E-state index contributed by atoms with van der Waals surface area (Å²) in [5, 5.41) is 3.95. The van der Waals surface area contributed by atoms with E-state index in [4.69, 9.17) is 14.0 Å². The largest absolute Gasteiger partial charge is 0.493 e. The predicted molar refractivity (Wildman–Crippen MR) is 128 cm³/mol. The summed E-state index contributed by atoms with van der Waals surface area (Å²) in [6.07, 6.45) is 7.06. The highest BCUT2D eigenvalue weighted by atomic mass is 16.5. The van der Waals surface area contributed by atoms with Gasteiger partial charge in [-0.2, -0.15) is 0 Å². The molecule has 0 atom stereocenters. The minimum atomic E-state index is 0.0151. The highest BCUT2D eigenvalue weighted by Gasteiger charge is 2.19. The quantitative estimate of drug-likeness (QED) is 0.473. The van der Waals surface area contributed by atoms with Crippen molar-refractivity contribution in [3.05, 3.63) is 76.9 Å². The maximum atomic E-state index is 12.7. The molecule has 0 aliphatic carbocycles. The second-order valence-corrected chi connectivity index (χ2v) is 8.29. The lowest BCUT2D eigenvalue weighted by Gasteiger charge is -2.34. The molecular weight excluding hydrogens is 432 g/mol. The Labute approximate surface area is 199 Å². The van der Waals surface area contributed by atoms with Crippen LogP contribution in [0.3, 0.4) is 0 Å². The summed E-state index contributed by atoms with van der Waals surface area (Å²) in [6.45, 7) is 8.11. The molecule has 1 amide bonds. The number of hydrogen-bond donors (Lipinski definition) is 0. The molecule has 1 aromatic carbocycles. The molecule has 0 radical (unpaired) electrons. The molecule has 3 heterocycles. The van der Waals surface area contributed by atoms with Crippen LogP contribution < -0.4 is 9.47 Å². The number of hydrogen-bond acceptors (Lipinski definition) is 7. The zero-order valence-electron chi connectivity index (χ0n) is 19.9. The number of carbonyl (C=O) groups excluding carboxylic acids is 1. The molecule has 0 spiro atoms. The lowest BCUT2D eigenvalue weighted by Crippen LogP contribution is -2.47. The zero-order chi connectivity index (χ0) is 23.9. The second kappa shape index (κ2) is 11.0. The minimum absolute atomic E-state index is 0.0151. The van der Waals surface area contributed by atoms with Gasteiger partial charge in [-0.25, -0.2) is 0 Å². The van der Waals surface area contributed by atoms with Gasteiger partial charge in [0.1, 0.15) is 12.4 Å². The van der Waals surface area contributed by atoms with Crippen molar-refractivity contribution in [2.24, 2.45) is 0 Å². The average Bonchev–Trinajstić information content (AvgIpc) is 3.19. The Hall–Kier alpha value is -3.65. The van der Waals surface area contributed by atoms with E-state index >= 15 is 0 Å². The number of rotatable bonds is 8. The molecule has 0 unspecified atom stereocenters. The standard InChI is InChI=1S/C26H30N4O4/c1-19-23(20(2)34-28-19)18-33-24-6-4-21(16-25(24)32-3)5-7-26(31)30-14-12-29(13-15-30)17-22-8-10-27-11-9-22/h4-11,16H,12-15,17-18H2,1-3H3/b7-5+. The van der Waals surface area contributed by atoms with Gasteiger partial charge in [-0.1, -0.05) is 11.2 Å². The Kier molecular flexibility index (Phi) is 7.59. The van der Waals surface area contributed by atoms with Crippen LogP contribution in [-0.2, 0) is 17.9 Å². The summed E-state index contributed by atoms with van der Waals surface area (Å²) >= 11 is 0. The molecule has 34 heavy (non-hydrogen) atoms. The summed E-state index contributed by atoms with van der Waals surface area (Å²) in [4.78, 5) is 21.0. The van der Waals surface area contributed by atoms with Crippen LogP contribution in [0.25, 0.3) is 6.08 Å². The first kappa shape index (κ1) is 23.5. The molecule has 3 aromatic rings. The maximum absolute atomic E-state index is 12.7. The third kappa shape index (κ3) is 5.82. The van der Waals surface area contributed by atoms with Crippen molar-refractivity contribution in [2.45, 2.75) is 27.0 Å². The third-order valence-corrected chi connectivity index (χ3v) is 6.00. The van der Waals surface area contributed by atoms with E-state index < -0.39 is 0 Å². The summed E-state index contributed by atoms with van der Waals surface area (Å²) in [6, 6.07) is 9.67. The number of pyridine rings is 1. The van der Waals surface area contributed by atoms with Crippen LogP contribution in [0.5, 0.6) is 11.5 Å². The molecule has 4 rings (SSSR count). The van der Waals surface area contributed by atoms with Gasteiger partial charge in [-0.15, -0.1) is 0 Å². The fourth-order valence-corrected chi connectivity index (χ4v) is 3.91. The molecule has 2 aromatic heterocycles. The average molecular weight is 463 g/mol. The van der Waals surface area contributed by atoms with Gasteiger partial charge in [-0.3, -0.25) is 14.7 Å².